The van der Waals surface area contributed by atoms with Crippen LogP contribution < -0.4 is 4.13 Å². The highest BCUT2D eigenvalue weighted by molar-refractivity contribution is 8.00. The Balaban J connectivity index is 5.13. The monoisotopic (exact) mass is 427 g/mol. The van der Waals surface area contributed by atoms with Gasteiger partial charge in [-0.2, -0.15) is 39.5 Å². The van der Waals surface area contributed by atoms with E-state index in [1.54, 1.807) is 0 Å². The van der Waals surface area contributed by atoms with E-state index in [0.29, 0.717) is 0 Å². The summed E-state index contributed by atoms with van der Waals surface area (Å²) >= 11 is -4.06. The second-order valence-corrected chi connectivity index (χ2v) is 6.57. The van der Waals surface area contributed by atoms with E-state index >= 15 is 0 Å². The fourth-order valence-electron chi connectivity index (χ4n) is 0.760. The highest BCUT2D eigenvalue weighted by Gasteiger charge is 2.75. The second kappa shape index (κ2) is 6.87. The minimum atomic E-state index is -6.76. The maximum atomic E-state index is 12.9. The number of hydrogen-bond donors (Lipinski definition) is 1. The van der Waals surface area contributed by atoms with Crippen molar-refractivity contribution in [2.24, 2.45) is 0 Å². The normalized spacial score (nSPS) is 16.5. The van der Waals surface area contributed by atoms with E-state index in [-0.39, 0.29) is 4.13 Å². The number of sulfonamides is 1. The number of nitrogens with one attached hydrogen (secondary N) is 1. The van der Waals surface area contributed by atoms with E-state index in [4.69, 9.17) is 0 Å². The quantitative estimate of drug-likeness (QED) is 0.603. The summed E-state index contributed by atoms with van der Waals surface area (Å²) in [6.45, 7) is -3.07. The zero-order chi connectivity index (χ0) is 19.8. The molecule has 0 fully saturated rings. The Hall–Kier alpha value is -0.750. The molecule has 18 heteroatoms. The van der Waals surface area contributed by atoms with Crippen LogP contribution in [0.3, 0.4) is 0 Å². The largest absolute Gasteiger partial charge is 0.512 e. The fraction of sp³-hybridized carbons (Fsp3) is 1.00. The summed E-state index contributed by atoms with van der Waals surface area (Å²) in [6, 6.07) is 0. The van der Waals surface area contributed by atoms with Gasteiger partial charge in [-0.3, -0.25) is 4.18 Å². The molecule has 0 aliphatic rings. The number of alkyl halides is 11. The summed E-state index contributed by atoms with van der Waals surface area (Å²) in [5.41, 5.74) is -6.10. The predicted molar refractivity (Wildman–Crippen MR) is 53.0 cm³/mol. The van der Waals surface area contributed by atoms with Gasteiger partial charge in [0.15, 0.2) is 0 Å². The van der Waals surface area contributed by atoms with Crippen LogP contribution in [0.1, 0.15) is 0 Å². The topological polar surface area (TPSA) is 72.5 Å². The lowest BCUT2D eigenvalue weighted by molar-refractivity contribution is -0.342. The molecule has 5 nitrogen and oxygen atoms in total. The van der Waals surface area contributed by atoms with Crippen molar-refractivity contribution in [3.63, 3.8) is 0 Å². The summed E-state index contributed by atoms with van der Waals surface area (Å²) in [7, 11) is -6.42. The fourth-order valence-corrected chi connectivity index (χ4v) is 2.30. The van der Waals surface area contributed by atoms with Crippen LogP contribution >= 0.6 is 0 Å². The van der Waals surface area contributed by atoms with Gasteiger partial charge in [-0.15, -0.1) is 4.13 Å². The molecule has 0 aliphatic heterocycles. The van der Waals surface area contributed by atoms with Gasteiger partial charge < -0.3 is 0 Å². The molecule has 0 bridgehead atoms. The molecule has 24 heavy (non-hydrogen) atoms. The maximum absolute atomic E-state index is 12.9. The first kappa shape index (κ1) is 23.2. The predicted octanol–water partition coefficient (Wildman–Crippen LogP) is 2.19. The van der Waals surface area contributed by atoms with E-state index in [1.165, 1.54) is 0 Å². The Morgan fingerprint density at radius 2 is 1.38 bits per heavy atom. The Morgan fingerprint density at radius 1 is 0.958 bits per heavy atom. The number of hydrogen-bond acceptors (Lipinski definition) is 4. The average molecular weight is 427 g/mol. The molecule has 0 aliphatic carbocycles. The average Bonchev–Trinajstić information content (AvgIpc) is 2.33. The third kappa shape index (κ3) is 4.66. The van der Waals surface area contributed by atoms with Crippen molar-refractivity contribution in [1.29, 1.82) is 0 Å². The molecule has 1 unspecified atom stereocenters. The maximum Gasteiger partial charge on any atom is 0.512 e. The van der Waals surface area contributed by atoms with Crippen LogP contribution in [-0.4, -0.2) is 48.9 Å². The van der Waals surface area contributed by atoms with Gasteiger partial charge in [0.25, 0.3) is 0 Å². The Labute approximate surface area is 128 Å². The van der Waals surface area contributed by atoms with Gasteiger partial charge in [0.05, 0.1) is 0 Å². The lowest BCUT2D eigenvalue weighted by Crippen LogP contribution is -2.59. The zero-order valence-electron chi connectivity index (χ0n) is 10.4. The molecule has 0 radical (unpaired) electrons. The van der Waals surface area contributed by atoms with Crippen LogP contribution in [0.15, 0.2) is 0 Å². The Morgan fingerprint density at radius 3 is 1.71 bits per heavy atom. The lowest BCUT2D eigenvalue weighted by Gasteiger charge is -2.31. The standard InChI is InChI=1S/C6H4F11NO4S2/c7-2(8)4(11,12)5(13,14)3(9,10)1-22-23(19)18-24(20,21)6(15,16)17/h2,18H,1H2. The first-order chi connectivity index (χ1) is 10.3. The highest BCUT2D eigenvalue weighted by Crippen LogP contribution is 2.48. The first-order valence-electron chi connectivity index (χ1n) is 4.85. The minimum absolute atomic E-state index is 0.0650. The SMILES string of the molecule is O=S(NS(=O)(=O)C(F)(F)F)OCC(F)(F)C(F)(F)C(F)(F)C(F)F. The van der Waals surface area contributed by atoms with E-state index in [0.717, 1.165) is 0 Å². The number of rotatable bonds is 8. The van der Waals surface area contributed by atoms with Gasteiger partial charge in [0.2, 0.25) is 11.3 Å². The molecule has 146 valence electrons. The van der Waals surface area contributed by atoms with Crippen molar-refractivity contribution in [2.45, 2.75) is 29.7 Å². The van der Waals surface area contributed by atoms with Crippen molar-refractivity contribution in [3.05, 3.63) is 0 Å². The molecule has 1 atom stereocenters. The molecule has 0 spiro atoms. The second-order valence-electron chi connectivity index (χ2n) is 3.73. The van der Waals surface area contributed by atoms with Crippen molar-refractivity contribution >= 4 is 21.3 Å². The third-order valence-electron chi connectivity index (χ3n) is 1.98. The molecular formula is C6H4F11NO4S2. The molecule has 0 rings (SSSR count). The molecule has 0 aromatic heterocycles. The highest BCUT2D eigenvalue weighted by atomic mass is 32.3. The van der Waals surface area contributed by atoms with Gasteiger partial charge in [0.1, 0.15) is 6.61 Å². The van der Waals surface area contributed by atoms with Crippen molar-refractivity contribution < 1.29 is 65.1 Å². The van der Waals surface area contributed by atoms with Crippen LogP contribution in [0.4, 0.5) is 48.3 Å². The van der Waals surface area contributed by atoms with Gasteiger partial charge >= 0.3 is 39.7 Å². The smallest absolute Gasteiger partial charge is 0.271 e. The molecule has 0 saturated heterocycles. The number of halogens is 11. The van der Waals surface area contributed by atoms with Crippen LogP contribution in [0, 0.1) is 0 Å². The van der Waals surface area contributed by atoms with Crippen molar-refractivity contribution in [2.75, 3.05) is 6.61 Å². The van der Waals surface area contributed by atoms with E-state index < -0.39 is 57.6 Å². The molecule has 0 aromatic carbocycles. The summed E-state index contributed by atoms with van der Waals surface area (Å²) in [6.07, 6.45) is -5.26. The summed E-state index contributed by atoms with van der Waals surface area (Å²) in [5.74, 6) is -19.5. The molecule has 0 aromatic rings. The summed E-state index contributed by atoms with van der Waals surface area (Å²) in [5, 5.41) is 0. The van der Waals surface area contributed by atoms with Gasteiger partial charge in [-0.05, 0) is 0 Å². The minimum Gasteiger partial charge on any atom is -0.271 e. The van der Waals surface area contributed by atoms with Crippen LogP contribution in [0.5, 0.6) is 0 Å². The molecule has 1 N–H and O–H groups in total. The van der Waals surface area contributed by atoms with Gasteiger partial charge in [-0.25, -0.2) is 21.4 Å². The molecule has 0 amide bonds. The summed E-state index contributed by atoms with van der Waals surface area (Å²) < 4.78 is 169. The zero-order valence-corrected chi connectivity index (χ0v) is 12.0. The van der Waals surface area contributed by atoms with E-state index in [2.05, 4.69) is 4.18 Å². The van der Waals surface area contributed by atoms with Crippen molar-refractivity contribution in [1.82, 2.24) is 4.13 Å². The van der Waals surface area contributed by atoms with Gasteiger partial charge in [-0.1, -0.05) is 0 Å². The van der Waals surface area contributed by atoms with E-state index in [1.807, 2.05) is 0 Å². The summed E-state index contributed by atoms with van der Waals surface area (Å²) in [4.78, 5) is 0. The third-order valence-corrected chi connectivity index (χ3v) is 4.35. The first-order valence-corrected chi connectivity index (χ1v) is 7.41. The van der Waals surface area contributed by atoms with Crippen LogP contribution in [0.2, 0.25) is 0 Å². The Bertz CT molecular complexity index is 572. The molecule has 0 saturated carbocycles. The molecule has 0 heterocycles. The van der Waals surface area contributed by atoms with Crippen LogP contribution in [-0.2, 0) is 25.5 Å². The van der Waals surface area contributed by atoms with Gasteiger partial charge in [0, 0.05) is 0 Å². The molecular weight excluding hydrogens is 423 g/mol. The lowest BCUT2D eigenvalue weighted by atomic mass is 10.1. The van der Waals surface area contributed by atoms with E-state index in [9.17, 15) is 60.9 Å². The van der Waals surface area contributed by atoms with Crippen LogP contribution in [0.25, 0.3) is 0 Å². The Kier molecular flexibility index (Phi) is 6.65. The van der Waals surface area contributed by atoms with Crippen molar-refractivity contribution in [3.8, 4) is 0 Å².